The molecule has 1 radical (unpaired) electrons. The Hall–Kier alpha value is -3.51. The van der Waals surface area contributed by atoms with E-state index >= 15 is 0 Å². The van der Waals surface area contributed by atoms with E-state index in [-0.39, 0.29) is 20.1 Å². The first kappa shape index (κ1) is 31.5. The van der Waals surface area contributed by atoms with Gasteiger partial charge in [-0.3, -0.25) is 0 Å². The van der Waals surface area contributed by atoms with E-state index in [2.05, 4.69) is 117 Å². The Kier molecular flexibility index (Phi) is 8.88. The maximum atomic E-state index is 4.77. The second-order valence-corrected chi connectivity index (χ2v) is 19.4. The van der Waals surface area contributed by atoms with Crippen molar-refractivity contribution in [3.63, 3.8) is 0 Å². The van der Waals surface area contributed by atoms with E-state index in [0.717, 1.165) is 22.5 Å². The second kappa shape index (κ2) is 12.7. The molecule has 2 nitrogen and oxygen atoms in total. The predicted octanol–water partition coefficient (Wildman–Crippen LogP) is 11.0. The van der Waals surface area contributed by atoms with Crippen molar-refractivity contribution < 1.29 is 20.1 Å². The van der Waals surface area contributed by atoms with Crippen LogP contribution in [0.15, 0.2) is 103 Å². The third-order valence-electron chi connectivity index (χ3n) is 8.15. The van der Waals surface area contributed by atoms with Gasteiger partial charge in [0.15, 0.2) is 0 Å². The molecule has 225 valence electrons. The molecule has 0 unspecified atom stereocenters. The Morgan fingerprint density at radius 3 is 1.98 bits per heavy atom. The fraction of sp³-hybridized carbons (Fsp3) is 0.128. The molecule has 8 rings (SSSR count). The second-order valence-electron chi connectivity index (χ2n) is 12.2. The minimum atomic E-state index is -1.23. The SMILES string of the molecule is C[Si](C)(C)c1ccc(-c2[c-]cccc2)nc1.Cc1cnc(-c2[c-]c3sc4ccccc4c3c3c2sc2ccccc23)cc1C.[Ir]. The van der Waals surface area contributed by atoms with Crippen LogP contribution < -0.4 is 5.19 Å². The van der Waals surface area contributed by atoms with Gasteiger partial charge in [0.1, 0.15) is 0 Å². The molecule has 0 amide bonds. The fourth-order valence-electron chi connectivity index (χ4n) is 5.51. The molecule has 0 atom stereocenters. The van der Waals surface area contributed by atoms with E-state index in [1.54, 1.807) is 0 Å². The number of aryl methyl sites for hydroxylation is 2. The summed E-state index contributed by atoms with van der Waals surface area (Å²) in [6, 6.07) is 38.8. The monoisotopic (exact) mass is 813 g/mol. The number of hydrogen-bond acceptors (Lipinski definition) is 4. The van der Waals surface area contributed by atoms with Crippen LogP contribution in [0.4, 0.5) is 0 Å². The molecule has 4 aromatic carbocycles. The third-order valence-corrected chi connectivity index (χ3v) is 12.5. The van der Waals surface area contributed by atoms with Crippen LogP contribution in [0.25, 0.3) is 62.9 Å². The van der Waals surface area contributed by atoms with Crippen molar-refractivity contribution in [3.8, 4) is 22.5 Å². The van der Waals surface area contributed by atoms with Crippen LogP contribution in [0.2, 0.25) is 19.6 Å². The Bertz CT molecular complexity index is 2280. The van der Waals surface area contributed by atoms with Gasteiger partial charge in [0, 0.05) is 41.9 Å². The van der Waals surface area contributed by atoms with Gasteiger partial charge in [-0.05, 0) is 68.3 Å². The maximum Gasteiger partial charge on any atom is 0.0795 e. The van der Waals surface area contributed by atoms with E-state index in [1.165, 1.54) is 56.7 Å². The number of benzene rings is 4. The maximum absolute atomic E-state index is 4.77. The normalized spacial score (nSPS) is 11.5. The molecular weight excluding hydrogens is 781 g/mol. The predicted molar refractivity (Wildman–Crippen MR) is 195 cm³/mol. The molecule has 45 heavy (non-hydrogen) atoms. The van der Waals surface area contributed by atoms with Crippen molar-refractivity contribution in [2.45, 2.75) is 33.5 Å². The zero-order valence-electron chi connectivity index (χ0n) is 25.9. The smallest absolute Gasteiger partial charge is 0.0795 e. The van der Waals surface area contributed by atoms with E-state index < -0.39 is 8.07 Å². The van der Waals surface area contributed by atoms with Gasteiger partial charge < -0.3 is 9.97 Å². The molecule has 0 N–H and O–H groups in total. The standard InChI is InChI=1S/C25H16NS2.C14H16NSi.Ir/c1-14-11-19(26-13-15(14)2)18-12-22-23(16-7-3-5-9-20(16)27-22)24-17-8-4-6-10-21(17)28-25(18)24;1-16(2,3)13-9-10-14(15-11-13)12-7-5-4-6-8-12;/h3-11,13H,1-2H3;4-7,9-11H,1-3H3;/q2*-1;. The van der Waals surface area contributed by atoms with Crippen molar-refractivity contribution in [3.05, 3.63) is 127 Å². The summed E-state index contributed by atoms with van der Waals surface area (Å²) in [5, 5.41) is 6.73. The zero-order valence-corrected chi connectivity index (χ0v) is 30.9. The van der Waals surface area contributed by atoms with Crippen LogP contribution in [0.3, 0.4) is 0 Å². The average molecular weight is 813 g/mol. The summed E-state index contributed by atoms with van der Waals surface area (Å²) in [6.07, 6.45) is 4.00. The van der Waals surface area contributed by atoms with Crippen LogP contribution in [0.5, 0.6) is 0 Å². The number of rotatable bonds is 3. The summed E-state index contributed by atoms with van der Waals surface area (Å²) < 4.78 is 5.13. The molecule has 0 fully saturated rings. The molecule has 8 aromatic rings. The average Bonchev–Trinajstić information content (AvgIpc) is 3.61. The zero-order chi connectivity index (χ0) is 30.4. The van der Waals surface area contributed by atoms with Crippen molar-refractivity contribution in [1.29, 1.82) is 0 Å². The largest absolute Gasteiger partial charge is 0.305 e. The molecule has 0 spiro atoms. The summed E-state index contributed by atoms with van der Waals surface area (Å²) in [5.41, 5.74) is 6.69. The van der Waals surface area contributed by atoms with Crippen LogP contribution in [0.1, 0.15) is 11.1 Å². The summed E-state index contributed by atoms with van der Waals surface area (Å²) in [7, 11) is -1.23. The topological polar surface area (TPSA) is 25.8 Å². The Morgan fingerprint density at radius 2 is 1.33 bits per heavy atom. The van der Waals surface area contributed by atoms with Crippen molar-refractivity contribution in [2.24, 2.45) is 0 Å². The summed E-state index contributed by atoms with van der Waals surface area (Å²) in [5.74, 6) is 0. The van der Waals surface area contributed by atoms with E-state index in [9.17, 15) is 0 Å². The quantitative estimate of drug-likeness (QED) is 0.131. The van der Waals surface area contributed by atoms with Gasteiger partial charge in [0.05, 0.1) is 8.07 Å². The number of pyridine rings is 2. The van der Waals surface area contributed by atoms with Crippen LogP contribution >= 0.6 is 22.7 Å². The van der Waals surface area contributed by atoms with Gasteiger partial charge in [-0.25, -0.2) is 0 Å². The molecule has 0 aliphatic rings. The first-order chi connectivity index (χ1) is 21.3. The Labute approximate surface area is 287 Å². The Morgan fingerprint density at radius 1 is 0.667 bits per heavy atom. The van der Waals surface area contributed by atoms with Crippen LogP contribution in [-0.2, 0) is 20.1 Å². The van der Waals surface area contributed by atoms with Gasteiger partial charge >= 0.3 is 0 Å². The van der Waals surface area contributed by atoms with Crippen molar-refractivity contribution in [1.82, 2.24) is 9.97 Å². The molecule has 4 heterocycles. The number of thiophene rings is 2. The molecule has 0 saturated heterocycles. The van der Waals surface area contributed by atoms with Gasteiger partial charge in [0.25, 0.3) is 0 Å². The summed E-state index contributed by atoms with van der Waals surface area (Å²) >= 11 is 3.68. The first-order valence-corrected chi connectivity index (χ1v) is 20.0. The number of hydrogen-bond donors (Lipinski definition) is 0. The fourth-order valence-corrected chi connectivity index (χ4v) is 8.88. The number of nitrogens with zero attached hydrogens (tertiary/aromatic N) is 2. The minimum absolute atomic E-state index is 0. The van der Waals surface area contributed by atoms with Crippen LogP contribution in [0, 0.1) is 26.0 Å². The Balaban J connectivity index is 0.000000181. The molecule has 0 aliphatic heterocycles. The number of fused-ring (bicyclic) bond motifs is 7. The molecule has 0 saturated carbocycles. The van der Waals surface area contributed by atoms with Gasteiger partial charge in [0.2, 0.25) is 0 Å². The first-order valence-electron chi connectivity index (χ1n) is 14.8. The van der Waals surface area contributed by atoms with Gasteiger partial charge in [-0.1, -0.05) is 90.6 Å². The third kappa shape index (κ3) is 6.06. The van der Waals surface area contributed by atoms with Crippen LogP contribution in [-0.4, -0.2) is 18.0 Å². The van der Waals surface area contributed by atoms with Gasteiger partial charge in [-0.2, -0.15) is 22.7 Å². The summed E-state index contributed by atoms with van der Waals surface area (Å²) in [4.78, 5) is 9.29. The number of aromatic nitrogens is 2. The molecule has 6 heteroatoms. The van der Waals surface area contributed by atoms with Crippen molar-refractivity contribution >= 4 is 76.3 Å². The molecular formula is C39H32IrN2S2Si-2. The summed E-state index contributed by atoms with van der Waals surface area (Å²) in [6.45, 7) is 11.3. The molecule has 0 aliphatic carbocycles. The van der Waals surface area contributed by atoms with E-state index in [4.69, 9.17) is 4.98 Å². The molecule has 0 bridgehead atoms. The van der Waals surface area contributed by atoms with E-state index in [1.807, 2.05) is 59.3 Å². The van der Waals surface area contributed by atoms with E-state index in [0.29, 0.717) is 0 Å². The van der Waals surface area contributed by atoms with Gasteiger partial charge in [-0.15, -0.1) is 47.5 Å². The minimum Gasteiger partial charge on any atom is -0.305 e. The molecule has 4 aromatic heterocycles. The van der Waals surface area contributed by atoms with Crippen molar-refractivity contribution in [2.75, 3.05) is 0 Å².